The fourth-order valence-electron chi connectivity index (χ4n) is 3.15. The lowest BCUT2D eigenvalue weighted by Gasteiger charge is -2.21. The summed E-state index contributed by atoms with van der Waals surface area (Å²) in [6.45, 7) is -0.0561. The second-order valence-corrected chi connectivity index (χ2v) is 6.27. The molecule has 2 aromatic carbocycles. The normalized spacial score (nSPS) is 14.8. The number of aromatic hydroxyl groups is 1. The number of phenolic OH excluding ortho intramolecular Hbond substituents is 1. The van der Waals surface area contributed by atoms with Crippen molar-refractivity contribution in [2.45, 2.75) is 19.0 Å². The number of rotatable bonds is 1. The molecule has 2 aromatic rings. The third-order valence-electron chi connectivity index (χ3n) is 4.34. The number of hydrogen-bond acceptors (Lipinski definition) is 2. The predicted molar refractivity (Wildman–Crippen MR) is 88.6 cm³/mol. The van der Waals surface area contributed by atoms with Crippen LogP contribution < -0.4 is 0 Å². The van der Waals surface area contributed by atoms with Crippen LogP contribution in [0.3, 0.4) is 0 Å². The van der Waals surface area contributed by atoms with Gasteiger partial charge in [-0.2, -0.15) is 13.2 Å². The van der Waals surface area contributed by atoms with Crippen LogP contribution in [0.1, 0.15) is 11.1 Å². The minimum atomic E-state index is -4.88. The lowest BCUT2D eigenvalue weighted by Crippen LogP contribution is -2.42. The van der Waals surface area contributed by atoms with E-state index in [0.717, 1.165) is 16.0 Å². The van der Waals surface area contributed by atoms with Gasteiger partial charge in [0.1, 0.15) is 5.75 Å². The van der Waals surface area contributed by atoms with Crippen molar-refractivity contribution in [1.29, 1.82) is 0 Å². The van der Waals surface area contributed by atoms with E-state index < -0.39 is 12.1 Å². The molecule has 0 unspecified atom stereocenters. The van der Waals surface area contributed by atoms with Crippen molar-refractivity contribution in [2.24, 2.45) is 0 Å². The Hall–Kier alpha value is -2.21. The molecule has 7 heteroatoms. The van der Waals surface area contributed by atoms with Crippen molar-refractivity contribution in [1.82, 2.24) is 4.90 Å². The Labute approximate surface area is 147 Å². The van der Waals surface area contributed by atoms with Crippen LogP contribution in [0, 0.1) is 0 Å². The molecule has 1 amide bonds. The van der Waals surface area contributed by atoms with E-state index >= 15 is 0 Å². The summed E-state index contributed by atoms with van der Waals surface area (Å²) in [7, 11) is 0. The number of halogens is 4. The first kappa shape index (κ1) is 17.6. The molecule has 0 spiro atoms. The molecule has 0 atom stereocenters. The van der Waals surface area contributed by atoms with Gasteiger partial charge < -0.3 is 10.0 Å². The molecule has 0 saturated heterocycles. The van der Waals surface area contributed by atoms with Crippen LogP contribution in [0.2, 0.25) is 5.02 Å². The highest BCUT2D eigenvalue weighted by Gasteiger charge is 2.42. The topological polar surface area (TPSA) is 40.5 Å². The highest BCUT2D eigenvalue weighted by Crippen LogP contribution is 2.39. The van der Waals surface area contributed by atoms with Gasteiger partial charge in [0.25, 0.3) is 0 Å². The highest BCUT2D eigenvalue weighted by molar-refractivity contribution is 6.33. The number of phenols is 1. The fraction of sp³-hybridized carbons (Fsp3) is 0.278. The van der Waals surface area contributed by atoms with Crippen LogP contribution in [0.15, 0.2) is 36.4 Å². The lowest BCUT2D eigenvalue weighted by atomic mass is 9.92. The molecule has 3 nitrogen and oxygen atoms in total. The molecule has 25 heavy (non-hydrogen) atoms. The number of para-hydroxylation sites is 1. The van der Waals surface area contributed by atoms with E-state index in [1.165, 1.54) is 6.07 Å². The van der Waals surface area contributed by atoms with Crippen molar-refractivity contribution in [3.8, 4) is 16.9 Å². The second-order valence-electron chi connectivity index (χ2n) is 5.87. The van der Waals surface area contributed by atoms with E-state index in [1.54, 1.807) is 30.3 Å². The Morgan fingerprint density at radius 3 is 2.44 bits per heavy atom. The van der Waals surface area contributed by atoms with Gasteiger partial charge in [-0.3, -0.25) is 4.79 Å². The summed E-state index contributed by atoms with van der Waals surface area (Å²) in [6.07, 6.45) is -4.34. The Morgan fingerprint density at radius 2 is 1.76 bits per heavy atom. The molecule has 1 aliphatic heterocycles. The van der Waals surface area contributed by atoms with Crippen LogP contribution in [-0.4, -0.2) is 35.2 Å². The van der Waals surface area contributed by atoms with Gasteiger partial charge in [-0.05, 0) is 36.1 Å². The summed E-state index contributed by atoms with van der Waals surface area (Å²) in [4.78, 5) is 12.4. The quantitative estimate of drug-likeness (QED) is 0.818. The number of nitrogens with zero attached hydrogens (tertiary/aromatic N) is 1. The van der Waals surface area contributed by atoms with Crippen LogP contribution in [0.25, 0.3) is 11.1 Å². The minimum Gasteiger partial charge on any atom is -0.507 e. The summed E-state index contributed by atoms with van der Waals surface area (Å²) in [5.41, 5.74) is 2.74. The van der Waals surface area contributed by atoms with E-state index in [1.807, 2.05) is 0 Å². The van der Waals surface area contributed by atoms with Gasteiger partial charge in [-0.1, -0.05) is 35.9 Å². The molecular weight excluding hydrogens is 355 g/mol. The van der Waals surface area contributed by atoms with Crippen LogP contribution in [0.4, 0.5) is 13.2 Å². The summed E-state index contributed by atoms with van der Waals surface area (Å²) >= 11 is 6.32. The molecule has 0 bridgehead atoms. The molecular formula is C18H15ClF3NO2. The average molecular weight is 370 g/mol. The summed E-state index contributed by atoms with van der Waals surface area (Å²) < 4.78 is 38.1. The maximum Gasteiger partial charge on any atom is 0.471 e. The zero-order chi connectivity index (χ0) is 18.2. The zero-order valence-corrected chi connectivity index (χ0v) is 13.9. The molecule has 0 saturated carbocycles. The average Bonchev–Trinajstić information content (AvgIpc) is 2.77. The van der Waals surface area contributed by atoms with Crippen molar-refractivity contribution in [2.75, 3.05) is 13.1 Å². The molecule has 3 rings (SSSR count). The maximum absolute atomic E-state index is 12.7. The van der Waals surface area contributed by atoms with Gasteiger partial charge in [0.05, 0.1) is 0 Å². The van der Waals surface area contributed by atoms with Crippen LogP contribution in [-0.2, 0) is 17.6 Å². The van der Waals surface area contributed by atoms with Crippen molar-refractivity contribution >= 4 is 17.5 Å². The number of carbonyl (C=O) groups is 1. The minimum absolute atomic E-state index is 0.00676. The Kier molecular flexibility index (Phi) is 4.64. The molecule has 0 aromatic heterocycles. The summed E-state index contributed by atoms with van der Waals surface area (Å²) in [5, 5.41) is 10.5. The van der Waals surface area contributed by atoms with Gasteiger partial charge in [0, 0.05) is 29.2 Å². The standard InChI is InChI=1S/C18H15ClF3NO2/c19-14-6-5-11-7-9-23(17(25)18(20,21)22)10-8-12(11)16(14)13-3-1-2-4-15(13)24/h1-6,24H,7-10H2. The lowest BCUT2D eigenvalue weighted by molar-refractivity contribution is -0.185. The van der Waals surface area contributed by atoms with Gasteiger partial charge in [-0.25, -0.2) is 0 Å². The second kappa shape index (κ2) is 6.59. The SMILES string of the molecule is O=C(N1CCc2ccc(Cl)c(-c3ccccc3O)c2CC1)C(F)(F)F. The first-order valence-electron chi connectivity index (χ1n) is 7.73. The largest absolute Gasteiger partial charge is 0.507 e. The third kappa shape index (κ3) is 3.44. The number of benzene rings is 2. The van der Waals surface area contributed by atoms with Gasteiger partial charge in [0.15, 0.2) is 0 Å². The van der Waals surface area contributed by atoms with Gasteiger partial charge >= 0.3 is 12.1 Å². The zero-order valence-electron chi connectivity index (χ0n) is 13.1. The molecule has 0 aliphatic carbocycles. The van der Waals surface area contributed by atoms with Crippen molar-refractivity contribution < 1.29 is 23.1 Å². The van der Waals surface area contributed by atoms with Gasteiger partial charge in [-0.15, -0.1) is 0 Å². The smallest absolute Gasteiger partial charge is 0.471 e. The number of fused-ring (bicyclic) bond motifs is 1. The maximum atomic E-state index is 12.7. The molecule has 1 heterocycles. The molecule has 0 fully saturated rings. The Balaban J connectivity index is 2.01. The number of hydrogen-bond donors (Lipinski definition) is 1. The number of amides is 1. The Bertz CT molecular complexity index is 820. The molecule has 1 aliphatic rings. The van der Waals surface area contributed by atoms with Crippen molar-refractivity contribution in [3.63, 3.8) is 0 Å². The monoisotopic (exact) mass is 369 g/mol. The van der Waals surface area contributed by atoms with Crippen LogP contribution >= 0.6 is 11.6 Å². The number of alkyl halides is 3. The number of carbonyl (C=O) groups excluding carboxylic acids is 1. The molecule has 132 valence electrons. The van der Waals surface area contributed by atoms with E-state index in [9.17, 15) is 23.1 Å². The third-order valence-corrected chi connectivity index (χ3v) is 4.66. The summed E-state index contributed by atoms with van der Waals surface area (Å²) in [5.74, 6) is -1.78. The highest BCUT2D eigenvalue weighted by atomic mass is 35.5. The Morgan fingerprint density at radius 1 is 1.08 bits per heavy atom. The van der Waals surface area contributed by atoms with E-state index in [4.69, 9.17) is 11.6 Å². The fourth-order valence-corrected chi connectivity index (χ4v) is 3.43. The predicted octanol–water partition coefficient (Wildman–Crippen LogP) is 4.20. The van der Waals surface area contributed by atoms with Crippen LogP contribution in [0.5, 0.6) is 5.75 Å². The van der Waals surface area contributed by atoms with Crippen molar-refractivity contribution in [3.05, 3.63) is 52.5 Å². The van der Waals surface area contributed by atoms with E-state index in [-0.39, 0.29) is 25.3 Å². The molecule has 0 radical (unpaired) electrons. The first-order chi connectivity index (χ1) is 11.8. The van der Waals surface area contributed by atoms with E-state index in [0.29, 0.717) is 22.6 Å². The first-order valence-corrected chi connectivity index (χ1v) is 8.11. The van der Waals surface area contributed by atoms with E-state index in [2.05, 4.69) is 0 Å². The molecule has 1 N–H and O–H groups in total. The van der Waals surface area contributed by atoms with Gasteiger partial charge in [0.2, 0.25) is 0 Å². The summed E-state index contributed by atoms with van der Waals surface area (Å²) in [6, 6.07) is 10.1.